The molecule has 128 valence electrons. The summed E-state index contributed by atoms with van der Waals surface area (Å²) in [5, 5.41) is 0. The van der Waals surface area contributed by atoms with Crippen LogP contribution in [0, 0.1) is 6.92 Å². The van der Waals surface area contributed by atoms with Gasteiger partial charge in [-0.1, -0.05) is 72.3 Å². The van der Waals surface area contributed by atoms with Gasteiger partial charge in [-0.25, -0.2) is 0 Å². The van der Waals surface area contributed by atoms with E-state index < -0.39 is 10.0 Å². The molecule has 0 saturated carbocycles. The zero-order valence-corrected chi connectivity index (χ0v) is 15.7. The Bertz CT molecular complexity index is 879. The first-order chi connectivity index (χ1) is 12.8. The summed E-state index contributed by atoms with van der Waals surface area (Å²) in [5.74, 6) is 0. The van der Waals surface area contributed by atoms with Crippen LogP contribution in [-0.2, 0) is 0 Å². The van der Waals surface area contributed by atoms with Crippen LogP contribution in [0.5, 0.6) is 0 Å². The van der Waals surface area contributed by atoms with E-state index in [0.29, 0.717) is 0 Å². The zero-order chi connectivity index (χ0) is 17.8. The molecule has 0 unspecified atom stereocenters. The molecular weight excluding hydrogens is 332 g/mol. The van der Waals surface area contributed by atoms with Gasteiger partial charge in [0.25, 0.3) is 0 Å². The van der Waals surface area contributed by atoms with E-state index in [1.807, 2.05) is 0 Å². The van der Waals surface area contributed by atoms with Crippen molar-refractivity contribution in [2.75, 3.05) is 0 Å². The molecule has 0 radical (unpaired) electrons. The van der Waals surface area contributed by atoms with Crippen molar-refractivity contribution in [3.05, 3.63) is 121 Å². The van der Waals surface area contributed by atoms with Crippen molar-refractivity contribution in [1.82, 2.24) is 0 Å². The predicted molar refractivity (Wildman–Crippen MR) is 111 cm³/mol. The monoisotopic (exact) mass is 354 g/mol. The highest BCUT2D eigenvalue weighted by Crippen LogP contribution is 2.73. The summed E-state index contributed by atoms with van der Waals surface area (Å²) in [6.07, 6.45) is 0. The lowest BCUT2D eigenvalue weighted by Crippen LogP contribution is -2.05. The normalized spacial score (nSPS) is 11.9. The summed E-state index contributed by atoms with van der Waals surface area (Å²) < 4.78 is 0. The van der Waals surface area contributed by atoms with Crippen LogP contribution in [0.25, 0.3) is 0 Å². The fraction of sp³-hybridized carbons (Fsp3) is 0.0400. The van der Waals surface area contributed by atoms with E-state index in [4.69, 9.17) is 0 Å². The zero-order valence-electron chi connectivity index (χ0n) is 14.9. The summed E-state index contributed by atoms with van der Waals surface area (Å²) in [6.45, 7) is 2.18. The Hall–Kier alpha value is -2.77. The van der Waals surface area contributed by atoms with Crippen molar-refractivity contribution in [2.24, 2.45) is 0 Å². The first-order valence-electron chi connectivity index (χ1n) is 8.87. The third-order valence-electron chi connectivity index (χ3n) is 4.63. The molecule has 0 heterocycles. The lowest BCUT2D eigenvalue weighted by atomic mass is 10.2. The van der Waals surface area contributed by atoms with Crippen LogP contribution < -0.4 is 0 Å². The Labute approximate surface area is 157 Å². The molecule has 26 heavy (non-hydrogen) atoms. The van der Waals surface area contributed by atoms with E-state index in [0.717, 1.165) is 0 Å². The van der Waals surface area contributed by atoms with Gasteiger partial charge in [0.05, 0.1) is 0 Å². The van der Waals surface area contributed by atoms with Crippen molar-refractivity contribution in [3.8, 4) is 0 Å². The third kappa shape index (κ3) is 2.85. The average molecular weight is 355 g/mol. The molecule has 0 saturated heterocycles. The van der Waals surface area contributed by atoms with E-state index >= 15 is 0 Å². The lowest BCUT2D eigenvalue weighted by Gasteiger charge is -2.42. The Balaban J connectivity index is 2.14. The highest BCUT2D eigenvalue weighted by atomic mass is 32.3. The number of aryl methyl sites for hydroxylation is 1. The highest BCUT2D eigenvalue weighted by Gasteiger charge is 2.32. The Kier molecular flexibility index (Phi) is 4.64. The van der Waals surface area contributed by atoms with Gasteiger partial charge in [0.15, 0.2) is 0 Å². The second-order valence-electron chi connectivity index (χ2n) is 6.37. The van der Waals surface area contributed by atoms with Crippen molar-refractivity contribution in [2.45, 2.75) is 26.5 Å². The minimum Gasteiger partial charge on any atom is -0.133 e. The van der Waals surface area contributed by atoms with Gasteiger partial charge in [-0.2, -0.15) is 0 Å². The maximum atomic E-state index is 2.35. The van der Waals surface area contributed by atoms with Gasteiger partial charge < -0.3 is 0 Å². The van der Waals surface area contributed by atoms with Gasteiger partial charge in [0.2, 0.25) is 0 Å². The Morgan fingerprint density at radius 1 is 0.423 bits per heavy atom. The summed E-state index contributed by atoms with van der Waals surface area (Å²) in [6, 6.07) is 41.8. The van der Waals surface area contributed by atoms with Crippen molar-refractivity contribution in [3.63, 3.8) is 0 Å². The van der Waals surface area contributed by atoms with Gasteiger partial charge in [0.1, 0.15) is 0 Å². The maximum Gasteiger partial charge on any atom is 0.00255 e. The molecule has 0 aliphatic rings. The van der Waals surface area contributed by atoms with E-state index in [1.54, 1.807) is 0 Å². The quantitative estimate of drug-likeness (QED) is 0.360. The molecule has 0 fully saturated rings. The van der Waals surface area contributed by atoms with Crippen LogP contribution in [-0.4, -0.2) is 0 Å². The highest BCUT2D eigenvalue weighted by molar-refractivity contribution is 8.34. The van der Waals surface area contributed by atoms with Gasteiger partial charge in [-0.05, 0) is 55.5 Å². The van der Waals surface area contributed by atoms with Crippen LogP contribution in [0.1, 0.15) is 5.56 Å². The molecule has 0 atom stereocenters. The fourth-order valence-corrected chi connectivity index (χ4v) is 7.47. The number of hydrogen-bond donors (Lipinski definition) is 0. The summed E-state index contributed by atoms with van der Waals surface area (Å²) >= 11 is 0. The van der Waals surface area contributed by atoms with Gasteiger partial charge >= 0.3 is 0 Å². The van der Waals surface area contributed by atoms with E-state index in [-0.39, 0.29) is 0 Å². The minimum atomic E-state index is -1.53. The smallest absolute Gasteiger partial charge is 0.00255 e. The second kappa shape index (κ2) is 7.23. The first-order valence-corrected chi connectivity index (χ1v) is 10.5. The second-order valence-corrected chi connectivity index (χ2v) is 9.48. The summed E-state index contributed by atoms with van der Waals surface area (Å²) in [4.78, 5) is 5.47. The molecule has 0 nitrogen and oxygen atoms in total. The number of hydrogen-bond acceptors (Lipinski definition) is 0. The first kappa shape index (κ1) is 16.7. The molecule has 4 aromatic carbocycles. The standard InChI is InChI=1S/C25H22S/c1-21-12-11-19-25(20-21)26(22-13-5-2-6-14-22,23-15-7-3-8-16-23)24-17-9-4-10-18-24/h2-20H,1H3. The molecule has 0 amide bonds. The molecule has 0 aliphatic heterocycles. The molecule has 0 bridgehead atoms. The average Bonchev–Trinajstić information content (AvgIpc) is 2.71. The van der Waals surface area contributed by atoms with Crippen LogP contribution in [0.15, 0.2) is 135 Å². The molecular formula is C25H22S. The van der Waals surface area contributed by atoms with Gasteiger partial charge in [-0.15, -0.1) is 10.0 Å². The molecule has 0 aromatic heterocycles. The van der Waals surface area contributed by atoms with E-state index in [2.05, 4.69) is 122 Å². The van der Waals surface area contributed by atoms with Crippen molar-refractivity contribution >= 4 is 10.0 Å². The molecule has 0 aliphatic carbocycles. The number of benzene rings is 4. The van der Waals surface area contributed by atoms with E-state index in [9.17, 15) is 0 Å². The van der Waals surface area contributed by atoms with Crippen LogP contribution >= 0.6 is 10.0 Å². The molecule has 4 rings (SSSR count). The largest absolute Gasteiger partial charge is 0.133 e. The van der Waals surface area contributed by atoms with Crippen molar-refractivity contribution in [1.29, 1.82) is 0 Å². The van der Waals surface area contributed by atoms with Crippen LogP contribution in [0.2, 0.25) is 0 Å². The Morgan fingerprint density at radius 2 is 0.808 bits per heavy atom. The summed E-state index contributed by atoms with van der Waals surface area (Å²) in [7, 11) is -1.53. The minimum absolute atomic E-state index is 1.29. The van der Waals surface area contributed by atoms with E-state index in [1.165, 1.54) is 25.1 Å². The molecule has 4 aromatic rings. The maximum absolute atomic E-state index is 2.35. The van der Waals surface area contributed by atoms with Crippen molar-refractivity contribution < 1.29 is 0 Å². The molecule has 0 N–H and O–H groups in total. The van der Waals surface area contributed by atoms with Gasteiger partial charge in [-0.3, -0.25) is 0 Å². The SMILES string of the molecule is Cc1cccc(S(c2ccccc2)(c2ccccc2)c2ccccc2)c1. The molecule has 1 heteroatoms. The third-order valence-corrected chi connectivity index (χ3v) is 8.53. The Morgan fingerprint density at radius 3 is 1.19 bits per heavy atom. The fourth-order valence-electron chi connectivity index (χ4n) is 3.50. The predicted octanol–water partition coefficient (Wildman–Crippen LogP) is 7.34. The topological polar surface area (TPSA) is 0 Å². The summed E-state index contributed by atoms with van der Waals surface area (Å²) in [5.41, 5.74) is 1.29. The lowest BCUT2D eigenvalue weighted by molar-refractivity contribution is 1.23. The van der Waals surface area contributed by atoms with Crippen LogP contribution in [0.4, 0.5) is 0 Å². The van der Waals surface area contributed by atoms with Crippen LogP contribution in [0.3, 0.4) is 0 Å². The number of rotatable bonds is 4. The molecule has 0 spiro atoms. The van der Waals surface area contributed by atoms with Gasteiger partial charge in [0, 0.05) is 19.6 Å².